The molecule has 0 amide bonds. The molecule has 0 spiro atoms. The maximum Gasteiger partial charge on any atom is 0.318 e. The van der Waals surface area contributed by atoms with Gasteiger partial charge in [0.05, 0.1) is 48.1 Å². The van der Waals surface area contributed by atoms with Crippen molar-refractivity contribution in [3.05, 3.63) is 70.4 Å². The third kappa shape index (κ3) is 3.68. The van der Waals surface area contributed by atoms with Gasteiger partial charge in [-0.15, -0.1) is 0 Å². The van der Waals surface area contributed by atoms with E-state index >= 15 is 0 Å². The molecule has 7 rings (SSSR count). The van der Waals surface area contributed by atoms with Crippen LogP contribution in [0.1, 0.15) is 48.3 Å². The fourth-order valence-corrected chi connectivity index (χ4v) is 6.02. The predicted molar refractivity (Wildman–Crippen MR) is 142 cm³/mol. The molecule has 3 aliphatic rings. The molecule has 0 N–H and O–H groups in total. The van der Waals surface area contributed by atoms with E-state index in [0.29, 0.717) is 25.1 Å². The van der Waals surface area contributed by atoms with Crippen molar-refractivity contribution in [1.29, 1.82) is 0 Å². The van der Waals surface area contributed by atoms with Crippen molar-refractivity contribution in [2.45, 2.75) is 51.7 Å². The molecule has 184 valence electrons. The molecule has 0 unspecified atom stereocenters. The van der Waals surface area contributed by atoms with Crippen molar-refractivity contribution in [2.24, 2.45) is 0 Å². The summed E-state index contributed by atoms with van der Waals surface area (Å²) in [6, 6.07) is 12.9. The monoisotopic (exact) mass is 500 g/mol. The minimum Gasteiger partial charge on any atom is -0.464 e. The first-order valence-corrected chi connectivity index (χ1v) is 13.3. The summed E-state index contributed by atoms with van der Waals surface area (Å²) in [4.78, 5) is 19.4. The van der Waals surface area contributed by atoms with Crippen LogP contribution in [0.3, 0.4) is 0 Å². The molecule has 2 aromatic heterocycles. The van der Waals surface area contributed by atoms with Crippen LogP contribution in [0.5, 0.6) is 6.01 Å². The van der Waals surface area contributed by atoms with Crippen LogP contribution < -0.4 is 14.5 Å². The fraction of sp³-hybridized carbons (Fsp3) is 0.393. The van der Waals surface area contributed by atoms with Gasteiger partial charge in [0.1, 0.15) is 5.82 Å². The van der Waals surface area contributed by atoms with Crippen LogP contribution in [-0.4, -0.2) is 39.2 Å². The Hall–Kier alpha value is -3.32. The third-order valence-electron chi connectivity index (χ3n) is 7.66. The number of halogens is 1. The summed E-state index contributed by atoms with van der Waals surface area (Å²) in [6.07, 6.45) is 5.42. The predicted octanol–water partition coefficient (Wildman–Crippen LogP) is 5.34. The highest BCUT2D eigenvalue weighted by molar-refractivity contribution is 6.36. The summed E-state index contributed by atoms with van der Waals surface area (Å²) >= 11 is 6.66. The van der Waals surface area contributed by atoms with Crippen LogP contribution in [0.15, 0.2) is 42.7 Å². The molecule has 1 saturated carbocycles. The van der Waals surface area contributed by atoms with Gasteiger partial charge in [0, 0.05) is 42.2 Å². The van der Waals surface area contributed by atoms with Gasteiger partial charge in [-0.05, 0) is 43.7 Å². The van der Waals surface area contributed by atoms with E-state index in [4.69, 9.17) is 31.3 Å². The Morgan fingerprint density at radius 3 is 2.69 bits per heavy atom. The zero-order chi connectivity index (χ0) is 24.2. The van der Waals surface area contributed by atoms with Crippen molar-refractivity contribution in [1.82, 2.24) is 19.5 Å². The molecular formula is C28H29ClN6O. The molecule has 0 atom stereocenters. The lowest BCUT2D eigenvalue weighted by molar-refractivity contribution is 0.310. The van der Waals surface area contributed by atoms with E-state index in [1.54, 1.807) is 0 Å². The van der Waals surface area contributed by atoms with Crippen LogP contribution in [0.25, 0.3) is 10.8 Å². The maximum absolute atomic E-state index is 6.66. The van der Waals surface area contributed by atoms with E-state index in [9.17, 15) is 0 Å². The quantitative estimate of drug-likeness (QED) is 0.368. The molecule has 0 radical (unpaired) electrons. The lowest BCUT2D eigenvalue weighted by Gasteiger charge is -2.35. The molecule has 4 heterocycles. The van der Waals surface area contributed by atoms with Crippen LogP contribution in [0, 0.1) is 0 Å². The summed E-state index contributed by atoms with van der Waals surface area (Å²) in [6.45, 7) is 6.79. The summed E-state index contributed by atoms with van der Waals surface area (Å²) in [5.41, 5.74) is 6.06. The maximum atomic E-state index is 6.66. The Labute approximate surface area is 215 Å². The second kappa shape index (κ2) is 8.66. The number of hydrogen-bond acceptors (Lipinski definition) is 6. The number of ether oxygens (including phenoxy) is 1. The third-order valence-corrected chi connectivity index (χ3v) is 7.98. The lowest BCUT2D eigenvalue weighted by atomic mass is 10.0. The fourth-order valence-electron chi connectivity index (χ4n) is 5.74. The van der Waals surface area contributed by atoms with Crippen LogP contribution in [0.2, 0.25) is 5.02 Å². The van der Waals surface area contributed by atoms with E-state index in [2.05, 4.69) is 38.6 Å². The summed E-state index contributed by atoms with van der Waals surface area (Å²) in [5, 5.41) is 3.03. The zero-order valence-electron chi connectivity index (χ0n) is 20.5. The van der Waals surface area contributed by atoms with E-state index in [-0.39, 0.29) is 0 Å². The van der Waals surface area contributed by atoms with Gasteiger partial charge >= 0.3 is 6.01 Å². The highest BCUT2D eigenvalue weighted by Crippen LogP contribution is 2.42. The van der Waals surface area contributed by atoms with Gasteiger partial charge in [-0.2, -0.15) is 9.97 Å². The van der Waals surface area contributed by atoms with Crippen molar-refractivity contribution in [2.75, 3.05) is 29.5 Å². The van der Waals surface area contributed by atoms with Gasteiger partial charge in [-0.25, -0.2) is 4.98 Å². The van der Waals surface area contributed by atoms with E-state index in [1.165, 1.54) is 29.8 Å². The molecular weight excluding hydrogens is 472 g/mol. The van der Waals surface area contributed by atoms with E-state index in [0.717, 1.165) is 65.6 Å². The Morgan fingerprint density at radius 2 is 1.86 bits per heavy atom. The number of imidazole rings is 1. The molecule has 8 heteroatoms. The van der Waals surface area contributed by atoms with Crippen LogP contribution >= 0.6 is 11.6 Å². The van der Waals surface area contributed by atoms with Crippen molar-refractivity contribution in [3.63, 3.8) is 0 Å². The number of fused-ring (bicyclic) bond motifs is 3. The van der Waals surface area contributed by atoms with Gasteiger partial charge < -0.3 is 19.1 Å². The molecule has 0 saturated heterocycles. The first-order valence-electron chi connectivity index (χ1n) is 12.9. The van der Waals surface area contributed by atoms with E-state index in [1.807, 2.05) is 25.4 Å². The number of anilines is 2. The molecule has 2 aliphatic heterocycles. The molecule has 2 aromatic carbocycles. The van der Waals surface area contributed by atoms with Gasteiger partial charge in [0.2, 0.25) is 0 Å². The van der Waals surface area contributed by atoms with Crippen molar-refractivity contribution in [3.8, 4) is 6.01 Å². The molecule has 36 heavy (non-hydrogen) atoms. The molecule has 1 fully saturated rings. The summed E-state index contributed by atoms with van der Waals surface area (Å²) < 4.78 is 8.18. The summed E-state index contributed by atoms with van der Waals surface area (Å²) in [5.74, 6) is 1.66. The minimum absolute atomic E-state index is 0.463. The SMILES string of the molecule is CCOc1nc2c(c(N3CCn4cnc(C5CC5)c4C3)n1)CCN(c1cccc3cccc(Cl)c13)C2. The lowest BCUT2D eigenvalue weighted by Crippen LogP contribution is -2.38. The summed E-state index contributed by atoms with van der Waals surface area (Å²) in [7, 11) is 0. The standard InChI is InChI=1S/C28H29ClN6O/c1-2-36-28-31-22-15-33(23-8-4-6-18-5-3-7-21(29)25(18)23)12-11-20(22)27(32-28)34-13-14-35-17-30-26(19-9-10-19)24(35)16-34/h3-8,17,19H,2,9-16H2,1H3. The normalized spacial score (nSPS) is 17.3. The van der Waals surface area contributed by atoms with Crippen LogP contribution in [-0.2, 0) is 26.1 Å². The topological polar surface area (TPSA) is 59.3 Å². The van der Waals surface area contributed by atoms with Crippen molar-refractivity contribution >= 4 is 33.9 Å². The van der Waals surface area contributed by atoms with E-state index < -0.39 is 0 Å². The van der Waals surface area contributed by atoms with Gasteiger partial charge in [0.25, 0.3) is 0 Å². The largest absolute Gasteiger partial charge is 0.464 e. The van der Waals surface area contributed by atoms with Gasteiger partial charge in [0.15, 0.2) is 0 Å². The highest BCUT2D eigenvalue weighted by atomic mass is 35.5. The molecule has 7 nitrogen and oxygen atoms in total. The Morgan fingerprint density at radius 1 is 1.00 bits per heavy atom. The van der Waals surface area contributed by atoms with Crippen LogP contribution in [0.4, 0.5) is 11.5 Å². The Balaban J connectivity index is 1.26. The molecule has 4 aromatic rings. The molecule has 0 bridgehead atoms. The number of rotatable bonds is 5. The highest BCUT2D eigenvalue weighted by Gasteiger charge is 2.33. The average Bonchev–Trinajstić information content (AvgIpc) is 3.66. The number of nitrogens with zero attached hydrogens (tertiary/aromatic N) is 6. The Kier molecular flexibility index (Phi) is 5.27. The van der Waals surface area contributed by atoms with Gasteiger partial charge in [-0.1, -0.05) is 35.9 Å². The first kappa shape index (κ1) is 21.9. The van der Waals surface area contributed by atoms with Crippen molar-refractivity contribution < 1.29 is 4.74 Å². The van der Waals surface area contributed by atoms with Gasteiger partial charge in [-0.3, -0.25) is 0 Å². The molecule has 1 aliphatic carbocycles. The number of hydrogen-bond donors (Lipinski definition) is 0. The zero-order valence-corrected chi connectivity index (χ0v) is 21.2. The number of aromatic nitrogens is 4. The average molecular weight is 501 g/mol. The Bertz CT molecular complexity index is 1460. The second-order valence-corrected chi connectivity index (χ2v) is 10.3. The minimum atomic E-state index is 0.463. The second-order valence-electron chi connectivity index (χ2n) is 9.94. The number of benzene rings is 2. The first-order chi connectivity index (χ1) is 17.7. The smallest absolute Gasteiger partial charge is 0.318 e.